The number of thiazole rings is 1. The van der Waals surface area contributed by atoms with Crippen LogP contribution in [0.1, 0.15) is 18.1 Å². The van der Waals surface area contributed by atoms with E-state index in [4.69, 9.17) is 0 Å². The molecule has 0 atom stereocenters. The summed E-state index contributed by atoms with van der Waals surface area (Å²) < 4.78 is 1.01. The van der Waals surface area contributed by atoms with Crippen LogP contribution in [0, 0.1) is 0 Å². The summed E-state index contributed by atoms with van der Waals surface area (Å²) in [6, 6.07) is 16.1. The molecule has 0 aliphatic rings. The van der Waals surface area contributed by atoms with Crippen LogP contribution in [-0.4, -0.2) is 10.9 Å². The molecule has 1 heterocycles. The molecule has 0 bridgehead atoms. The van der Waals surface area contributed by atoms with Crippen molar-refractivity contribution in [3.8, 4) is 11.3 Å². The van der Waals surface area contributed by atoms with Gasteiger partial charge in [-0.2, -0.15) is 0 Å². The maximum atomic E-state index is 12.0. The maximum absolute atomic E-state index is 12.0. The largest absolute Gasteiger partial charge is 0.298 e. The fourth-order valence-corrected chi connectivity index (χ4v) is 3.25. The predicted molar refractivity (Wildman–Crippen MR) is 109 cm³/mol. The maximum Gasteiger partial charge on any atom is 0.250 e. The summed E-state index contributed by atoms with van der Waals surface area (Å²) in [5.74, 6) is -0.190. The summed E-state index contributed by atoms with van der Waals surface area (Å²) in [6.07, 6.45) is 4.31. The van der Waals surface area contributed by atoms with E-state index in [1.807, 2.05) is 29.6 Å². The molecule has 3 nitrogen and oxygen atoms in total. The van der Waals surface area contributed by atoms with Crippen molar-refractivity contribution in [1.82, 2.24) is 4.98 Å². The summed E-state index contributed by atoms with van der Waals surface area (Å²) >= 11 is 4.81. The van der Waals surface area contributed by atoms with Crippen LogP contribution in [0.3, 0.4) is 0 Å². The zero-order valence-corrected chi connectivity index (χ0v) is 16.1. The van der Waals surface area contributed by atoms with Gasteiger partial charge in [-0.1, -0.05) is 59.3 Å². The third kappa shape index (κ3) is 4.87. The van der Waals surface area contributed by atoms with Crippen LogP contribution in [0.25, 0.3) is 17.3 Å². The van der Waals surface area contributed by atoms with Crippen molar-refractivity contribution < 1.29 is 4.79 Å². The van der Waals surface area contributed by atoms with E-state index in [1.54, 1.807) is 6.08 Å². The minimum Gasteiger partial charge on any atom is -0.298 e. The molecular weight excluding hydrogens is 396 g/mol. The standard InChI is InChI=1S/C20H17BrN2OS/c1-2-14-3-8-16(9-4-14)18-13-25-20(22-18)23-19(24)12-7-15-5-10-17(21)11-6-15/h3-13H,2H2,1H3,(H,22,23,24). The van der Waals surface area contributed by atoms with Crippen LogP contribution in [0.4, 0.5) is 5.13 Å². The zero-order valence-electron chi connectivity index (χ0n) is 13.7. The quantitative estimate of drug-likeness (QED) is 0.538. The molecular formula is C20H17BrN2OS. The lowest BCUT2D eigenvalue weighted by Gasteiger charge is -1.99. The first-order valence-electron chi connectivity index (χ1n) is 7.93. The number of rotatable bonds is 5. The number of aryl methyl sites for hydroxylation is 1. The fraction of sp³-hybridized carbons (Fsp3) is 0.100. The summed E-state index contributed by atoms with van der Waals surface area (Å²) in [6.45, 7) is 2.13. The van der Waals surface area contributed by atoms with Gasteiger partial charge in [0.25, 0.3) is 0 Å². The van der Waals surface area contributed by atoms with Crippen molar-refractivity contribution in [3.63, 3.8) is 0 Å². The second kappa shape index (κ2) is 8.23. The molecule has 3 rings (SSSR count). The molecule has 126 valence electrons. The van der Waals surface area contributed by atoms with E-state index < -0.39 is 0 Å². The lowest BCUT2D eigenvalue weighted by atomic mass is 10.1. The van der Waals surface area contributed by atoms with E-state index in [1.165, 1.54) is 23.0 Å². The van der Waals surface area contributed by atoms with Crippen molar-refractivity contribution in [2.75, 3.05) is 5.32 Å². The molecule has 2 aromatic carbocycles. The normalized spacial score (nSPS) is 11.0. The van der Waals surface area contributed by atoms with Crippen molar-refractivity contribution in [1.29, 1.82) is 0 Å². The minimum atomic E-state index is -0.190. The molecule has 0 aliphatic heterocycles. The number of anilines is 1. The Bertz CT molecular complexity index is 883. The third-order valence-electron chi connectivity index (χ3n) is 3.69. The monoisotopic (exact) mass is 412 g/mol. The van der Waals surface area contributed by atoms with Gasteiger partial charge in [0.2, 0.25) is 5.91 Å². The minimum absolute atomic E-state index is 0.190. The number of nitrogens with one attached hydrogen (secondary N) is 1. The highest BCUT2D eigenvalue weighted by Crippen LogP contribution is 2.25. The van der Waals surface area contributed by atoms with E-state index in [0.717, 1.165) is 27.7 Å². The molecule has 25 heavy (non-hydrogen) atoms. The van der Waals surface area contributed by atoms with E-state index in [9.17, 15) is 4.79 Å². The van der Waals surface area contributed by atoms with Crippen molar-refractivity contribution in [3.05, 3.63) is 75.6 Å². The first-order valence-corrected chi connectivity index (χ1v) is 9.61. The molecule has 0 radical (unpaired) electrons. The van der Waals surface area contributed by atoms with Gasteiger partial charge in [0.15, 0.2) is 5.13 Å². The van der Waals surface area contributed by atoms with Gasteiger partial charge < -0.3 is 0 Å². The Morgan fingerprint density at radius 3 is 2.56 bits per heavy atom. The van der Waals surface area contributed by atoms with E-state index in [0.29, 0.717) is 5.13 Å². The molecule has 0 aliphatic carbocycles. The molecule has 0 fully saturated rings. The molecule has 0 saturated carbocycles. The van der Waals surface area contributed by atoms with Gasteiger partial charge in [-0.05, 0) is 35.8 Å². The first-order chi connectivity index (χ1) is 12.1. The highest BCUT2D eigenvalue weighted by atomic mass is 79.9. The molecule has 0 unspecified atom stereocenters. The van der Waals surface area contributed by atoms with Crippen LogP contribution in [0.15, 0.2) is 64.5 Å². The number of benzene rings is 2. The summed E-state index contributed by atoms with van der Waals surface area (Å²) in [5.41, 5.74) is 4.19. The SMILES string of the molecule is CCc1ccc(-c2csc(NC(=O)C=Cc3ccc(Br)cc3)n2)cc1. The van der Waals surface area contributed by atoms with E-state index >= 15 is 0 Å². The molecule has 1 aromatic heterocycles. The molecule has 1 amide bonds. The molecule has 0 spiro atoms. The third-order valence-corrected chi connectivity index (χ3v) is 4.98. The Morgan fingerprint density at radius 1 is 1.16 bits per heavy atom. The average Bonchev–Trinajstić information content (AvgIpc) is 3.10. The van der Waals surface area contributed by atoms with E-state index in [2.05, 4.69) is 57.4 Å². The number of aromatic nitrogens is 1. The van der Waals surface area contributed by atoms with Gasteiger partial charge in [-0.3, -0.25) is 10.1 Å². The number of carbonyl (C=O) groups excluding carboxylic acids is 1. The highest BCUT2D eigenvalue weighted by molar-refractivity contribution is 9.10. The van der Waals surface area contributed by atoms with Crippen LogP contribution >= 0.6 is 27.3 Å². The summed E-state index contributed by atoms with van der Waals surface area (Å²) in [7, 11) is 0. The predicted octanol–water partition coefficient (Wildman–Crippen LogP) is 5.79. The van der Waals surface area contributed by atoms with Crippen LogP contribution < -0.4 is 5.32 Å². The van der Waals surface area contributed by atoms with E-state index in [-0.39, 0.29) is 5.91 Å². The van der Waals surface area contributed by atoms with Gasteiger partial charge in [0.1, 0.15) is 0 Å². The van der Waals surface area contributed by atoms with Gasteiger partial charge in [-0.15, -0.1) is 11.3 Å². The van der Waals surface area contributed by atoms with Crippen molar-refractivity contribution >= 4 is 44.4 Å². The molecule has 3 aromatic rings. The average molecular weight is 413 g/mol. The molecule has 1 N–H and O–H groups in total. The van der Waals surface area contributed by atoms with Gasteiger partial charge >= 0.3 is 0 Å². The molecule has 0 saturated heterocycles. The Hall–Kier alpha value is -2.24. The van der Waals surface area contributed by atoms with Crippen molar-refractivity contribution in [2.45, 2.75) is 13.3 Å². The number of nitrogens with zero attached hydrogens (tertiary/aromatic N) is 1. The van der Waals surface area contributed by atoms with Crippen LogP contribution in [0.5, 0.6) is 0 Å². The fourth-order valence-electron chi connectivity index (χ4n) is 2.27. The summed E-state index contributed by atoms with van der Waals surface area (Å²) in [5, 5.41) is 5.36. The number of hydrogen-bond donors (Lipinski definition) is 1. The number of amides is 1. The molecule has 5 heteroatoms. The van der Waals surface area contributed by atoms with Gasteiger partial charge in [0, 0.05) is 21.5 Å². The smallest absolute Gasteiger partial charge is 0.250 e. The topological polar surface area (TPSA) is 42.0 Å². The van der Waals surface area contributed by atoms with Crippen LogP contribution in [0.2, 0.25) is 0 Å². The number of hydrogen-bond acceptors (Lipinski definition) is 3. The zero-order chi connectivity index (χ0) is 17.6. The Morgan fingerprint density at radius 2 is 1.88 bits per heavy atom. The number of carbonyl (C=O) groups is 1. The van der Waals surface area contributed by atoms with Gasteiger partial charge in [-0.25, -0.2) is 4.98 Å². The number of halogens is 1. The van der Waals surface area contributed by atoms with Crippen LogP contribution in [-0.2, 0) is 11.2 Å². The van der Waals surface area contributed by atoms with Crippen molar-refractivity contribution in [2.24, 2.45) is 0 Å². The first kappa shape index (κ1) is 17.6. The Kier molecular flexibility index (Phi) is 5.79. The lowest BCUT2D eigenvalue weighted by Crippen LogP contribution is -2.07. The Balaban J connectivity index is 1.64. The second-order valence-corrected chi connectivity index (χ2v) is 7.24. The van der Waals surface area contributed by atoms with Gasteiger partial charge in [0.05, 0.1) is 5.69 Å². The Labute approximate surface area is 159 Å². The highest BCUT2D eigenvalue weighted by Gasteiger charge is 2.06. The second-order valence-electron chi connectivity index (χ2n) is 5.46. The summed E-state index contributed by atoms with van der Waals surface area (Å²) in [4.78, 5) is 16.5. The lowest BCUT2D eigenvalue weighted by molar-refractivity contribution is -0.111.